The SMILES string of the molecule is CC(C)C[C@H](CC(=O)c1cc2c(Cl)cc(Cl)cc2[nH]1)C(=O)N[C@@H](C[C@@H]1CCCC1=O)C(=O)C(=O)NC1CCCCC1. The molecule has 1 heterocycles. The molecule has 3 atom stereocenters. The lowest BCUT2D eigenvalue weighted by Crippen LogP contribution is -2.52. The molecule has 4 rings (SSSR count). The molecular formula is C31H39Cl2N3O5. The van der Waals surface area contributed by atoms with Crippen LogP contribution in [-0.2, 0) is 19.2 Å². The maximum absolute atomic E-state index is 13.6. The lowest BCUT2D eigenvalue weighted by Gasteiger charge is -2.26. The fourth-order valence-corrected chi connectivity index (χ4v) is 6.65. The van der Waals surface area contributed by atoms with Crippen LogP contribution in [-0.4, -0.2) is 46.2 Å². The first-order valence-electron chi connectivity index (χ1n) is 14.7. The molecule has 2 aliphatic rings. The minimum atomic E-state index is -1.13. The van der Waals surface area contributed by atoms with Gasteiger partial charge in [-0.05, 0) is 62.6 Å². The summed E-state index contributed by atoms with van der Waals surface area (Å²) in [5.41, 5.74) is 0.924. The number of hydrogen-bond acceptors (Lipinski definition) is 5. The quantitative estimate of drug-likeness (QED) is 0.203. The van der Waals surface area contributed by atoms with Crippen molar-refractivity contribution in [2.75, 3.05) is 0 Å². The van der Waals surface area contributed by atoms with E-state index >= 15 is 0 Å². The Hall–Kier alpha value is -2.71. The first-order valence-corrected chi connectivity index (χ1v) is 15.5. The van der Waals surface area contributed by atoms with E-state index < -0.39 is 29.6 Å². The number of rotatable bonds is 12. The standard InChI is InChI=1S/C31H39Cl2N3O5/c1-17(2)11-19(13-28(38)25-16-22-23(33)14-20(32)15-24(22)35-25)30(40)36-26(12-18-7-6-10-27(18)37)29(39)31(41)34-21-8-4-3-5-9-21/h14-19,21,26,35H,3-13H2,1-2H3,(H,34,41)(H,36,40)/t18-,19+,26-/m0/s1. The molecule has 41 heavy (non-hydrogen) atoms. The van der Waals surface area contributed by atoms with E-state index in [2.05, 4.69) is 15.6 Å². The Bertz CT molecular complexity index is 1310. The highest BCUT2D eigenvalue weighted by Gasteiger charge is 2.36. The van der Waals surface area contributed by atoms with Gasteiger partial charge < -0.3 is 15.6 Å². The summed E-state index contributed by atoms with van der Waals surface area (Å²) in [7, 11) is 0. The van der Waals surface area contributed by atoms with Gasteiger partial charge in [0.25, 0.3) is 5.91 Å². The summed E-state index contributed by atoms with van der Waals surface area (Å²) in [6, 6.07) is 3.73. The van der Waals surface area contributed by atoms with E-state index in [1.807, 2.05) is 13.8 Å². The molecular weight excluding hydrogens is 565 g/mol. The Morgan fingerprint density at radius 1 is 1.00 bits per heavy atom. The highest BCUT2D eigenvalue weighted by atomic mass is 35.5. The smallest absolute Gasteiger partial charge is 0.289 e. The third-order valence-corrected chi connectivity index (χ3v) is 8.79. The van der Waals surface area contributed by atoms with Crippen LogP contribution in [0, 0.1) is 17.8 Å². The third-order valence-electron chi connectivity index (χ3n) is 8.26. The van der Waals surface area contributed by atoms with Crippen molar-refractivity contribution in [2.45, 2.75) is 96.6 Å². The largest absolute Gasteiger partial charge is 0.352 e. The summed E-state index contributed by atoms with van der Waals surface area (Å²) in [5, 5.41) is 7.13. The second kappa shape index (κ2) is 14.0. The van der Waals surface area contributed by atoms with Crippen LogP contribution in [0.4, 0.5) is 0 Å². The molecule has 0 radical (unpaired) electrons. The van der Waals surface area contributed by atoms with Gasteiger partial charge in [0.1, 0.15) is 5.78 Å². The molecule has 8 nitrogen and oxygen atoms in total. The van der Waals surface area contributed by atoms with Crippen molar-refractivity contribution in [2.24, 2.45) is 17.8 Å². The van der Waals surface area contributed by atoms with Gasteiger partial charge in [-0.15, -0.1) is 0 Å². The van der Waals surface area contributed by atoms with E-state index in [-0.39, 0.29) is 42.3 Å². The summed E-state index contributed by atoms with van der Waals surface area (Å²) in [6.07, 6.45) is 6.94. The van der Waals surface area contributed by atoms with Crippen molar-refractivity contribution in [1.29, 1.82) is 0 Å². The summed E-state index contributed by atoms with van der Waals surface area (Å²) in [6.45, 7) is 3.90. The summed E-state index contributed by atoms with van der Waals surface area (Å²) < 4.78 is 0. The van der Waals surface area contributed by atoms with Gasteiger partial charge in [0.15, 0.2) is 5.78 Å². The number of carbonyl (C=O) groups is 5. The predicted octanol–water partition coefficient (Wildman–Crippen LogP) is 5.97. The summed E-state index contributed by atoms with van der Waals surface area (Å²) >= 11 is 12.4. The number of halogens is 2. The van der Waals surface area contributed by atoms with Crippen molar-refractivity contribution in [3.63, 3.8) is 0 Å². The van der Waals surface area contributed by atoms with Gasteiger partial charge in [0, 0.05) is 46.6 Å². The molecule has 0 saturated heterocycles. The van der Waals surface area contributed by atoms with Crippen LogP contribution >= 0.6 is 23.2 Å². The molecule has 0 bridgehead atoms. The van der Waals surface area contributed by atoms with Crippen LogP contribution in [0.1, 0.15) is 95.0 Å². The zero-order valence-electron chi connectivity index (χ0n) is 23.7. The number of hydrogen-bond donors (Lipinski definition) is 3. The zero-order chi connectivity index (χ0) is 29.7. The molecule has 2 saturated carbocycles. The number of amides is 2. The van der Waals surface area contributed by atoms with Crippen molar-refractivity contribution in [3.8, 4) is 0 Å². The zero-order valence-corrected chi connectivity index (χ0v) is 25.2. The molecule has 2 aromatic rings. The second-order valence-corrected chi connectivity index (χ2v) is 12.9. The molecule has 0 spiro atoms. The fraction of sp³-hybridized carbons (Fsp3) is 0.581. The van der Waals surface area contributed by atoms with Crippen LogP contribution < -0.4 is 10.6 Å². The average Bonchev–Trinajstić information content (AvgIpc) is 3.53. The Morgan fingerprint density at radius 3 is 2.39 bits per heavy atom. The van der Waals surface area contributed by atoms with Crippen molar-refractivity contribution < 1.29 is 24.0 Å². The van der Waals surface area contributed by atoms with E-state index in [4.69, 9.17) is 23.2 Å². The maximum atomic E-state index is 13.6. The number of fused-ring (bicyclic) bond motifs is 1. The number of benzene rings is 1. The highest BCUT2D eigenvalue weighted by Crippen LogP contribution is 2.30. The second-order valence-electron chi connectivity index (χ2n) is 12.0. The summed E-state index contributed by atoms with van der Waals surface area (Å²) in [5.74, 6) is -3.18. The van der Waals surface area contributed by atoms with Crippen LogP contribution in [0.3, 0.4) is 0 Å². The molecule has 0 aliphatic heterocycles. The first-order chi connectivity index (χ1) is 19.5. The van der Waals surface area contributed by atoms with Crippen LogP contribution in [0.25, 0.3) is 10.9 Å². The highest BCUT2D eigenvalue weighted by molar-refractivity contribution is 6.39. The Kier molecular flexibility index (Phi) is 10.6. The Labute approximate surface area is 250 Å². The van der Waals surface area contributed by atoms with Gasteiger partial charge in [0.05, 0.1) is 16.8 Å². The lowest BCUT2D eigenvalue weighted by atomic mass is 9.89. The van der Waals surface area contributed by atoms with Gasteiger partial charge in [-0.3, -0.25) is 24.0 Å². The monoisotopic (exact) mass is 603 g/mol. The van der Waals surface area contributed by atoms with E-state index in [0.717, 1.165) is 38.5 Å². The first kappa shape index (κ1) is 31.2. The molecule has 10 heteroatoms. The minimum Gasteiger partial charge on any atom is -0.352 e. The van der Waals surface area contributed by atoms with Gasteiger partial charge in [-0.2, -0.15) is 0 Å². The number of Topliss-reactive ketones (excluding diaryl/α,β-unsaturated/α-hetero) is 3. The fourth-order valence-electron chi connectivity index (χ4n) is 6.10. The molecule has 1 aromatic carbocycles. The maximum Gasteiger partial charge on any atom is 0.289 e. The molecule has 2 amide bonds. The molecule has 1 aromatic heterocycles. The Balaban J connectivity index is 1.50. The number of nitrogens with one attached hydrogen (secondary N) is 3. The number of H-pyrrole nitrogens is 1. The number of aromatic nitrogens is 1. The van der Waals surface area contributed by atoms with Crippen LogP contribution in [0.5, 0.6) is 0 Å². The predicted molar refractivity (Wildman–Crippen MR) is 159 cm³/mol. The summed E-state index contributed by atoms with van der Waals surface area (Å²) in [4.78, 5) is 68.7. The molecule has 2 fully saturated rings. The van der Waals surface area contributed by atoms with Gasteiger partial charge >= 0.3 is 0 Å². The number of aromatic amines is 1. The van der Waals surface area contributed by atoms with Crippen LogP contribution in [0.2, 0.25) is 10.0 Å². The molecule has 222 valence electrons. The lowest BCUT2D eigenvalue weighted by molar-refractivity contribution is -0.141. The Morgan fingerprint density at radius 2 is 1.73 bits per heavy atom. The van der Waals surface area contributed by atoms with Crippen molar-refractivity contribution in [1.82, 2.24) is 15.6 Å². The van der Waals surface area contributed by atoms with Gasteiger partial charge in [-0.1, -0.05) is 56.3 Å². The van der Waals surface area contributed by atoms with Crippen molar-refractivity contribution >= 4 is 63.3 Å². The van der Waals surface area contributed by atoms with E-state index in [1.165, 1.54) is 0 Å². The van der Waals surface area contributed by atoms with E-state index in [0.29, 0.717) is 45.9 Å². The topological polar surface area (TPSA) is 125 Å². The minimum absolute atomic E-state index is 0.0521. The van der Waals surface area contributed by atoms with Crippen molar-refractivity contribution in [3.05, 3.63) is 33.9 Å². The molecule has 3 N–H and O–H groups in total. The van der Waals surface area contributed by atoms with E-state index in [9.17, 15) is 24.0 Å². The average molecular weight is 605 g/mol. The van der Waals surface area contributed by atoms with Crippen LogP contribution in [0.15, 0.2) is 18.2 Å². The third kappa shape index (κ3) is 8.19. The molecule has 0 unspecified atom stereocenters. The van der Waals surface area contributed by atoms with Gasteiger partial charge in [0.2, 0.25) is 11.7 Å². The molecule has 2 aliphatic carbocycles. The van der Waals surface area contributed by atoms with Gasteiger partial charge in [-0.25, -0.2) is 0 Å². The number of carbonyl (C=O) groups excluding carboxylic acids is 5. The van der Waals surface area contributed by atoms with E-state index in [1.54, 1.807) is 18.2 Å². The normalized spacial score (nSPS) is 19.3. The number of ketones is 3.